The minimum atomic E-state index is -0.288. The molecular weight excluding hydrogens is 467 g/mol. The summed E-state index contributed by atoms with van der Waals surface area (Å²) in [5.41, 5.74) is 3.07. The topological polar surface area (TPSA) is 50.6 Å². The molecule has 0 spiro atoms. The number of imidazole rings is 1. The maximum Gasteiger partial charge on any atom is 0.236 e. The van der Waals surface area contributed by atoms with Gasteiger partial charge in [0.05, 0.1) is 17.6 Å². The highest BCUT2D eigenvalue weighted by Gasteiger charge is 2.27. The number of aromatic nitrogens is 2. The van der Waals surface area contributed by atoms with E-state index in [-0.39, 0.29) is 11.7 Å². The van der Waals surface area contributed by atoms with Crippen molar-refractivity contribution in [2.45, 2.75) is 32.6 Å². The molecule has 1 aliphatic rings. The lowest BCUT2D eigenvalue weighted by Crippen LogP contribution is -2.43. The zero-order valence-electron chi connectivity index (χ0n) is 21.4. The normalized spacial score (nSPS) is 14.7. The van der Waals surface area contributed by atoms with Gasteiger partial charge in [-0.1, -0.05) is 12.1 Å². The molecule has 0 atom stereocenters. The summed E-state index contributed by atoms with van der Waals surface area (Å²) >= 11 is 0. The van der Waals surface area contributed by atoms with Crippen molar-refractivity contribution in [2.75, 3.05) is 32.7 Å². The van der Waals surface area contributed by atoms with Gasteiger partial charge in [-0.2, -0.15) is 0 Å². The van der Waals surface area contributed by atoms with Gasteiger partial charge in [0.1, 0.15) is 23.1 Å². The maximum absolute atomic E-state index is 13.2. The fraction of sp³-hybridized carbons (Fsp3) is 0.333. The number of amides is 1. The fourth-order valence-electron chi connectivity index (χ4n) is 5.11. The van der Waals surface area contributed by atoms with Crippen LogP contribution in [0.15, 0.2) is 72.8 Å². The molecular formula is C30H33FN4O2. The van der Waals surface area contributed by atoms with E-state index in [1.54, 1.807) is 12.1 Å². The molecule has 5 rings (SSSR count). The second kappa shape index (κ2) is 11.1. The van der Waals surface area contributed by atoms with Crippen LogP contribution in [-0.2, 0) is 4.79 Å². The lowest BCUT2D eigenvalue weighted by atomic mass is 9.95. The van der Waals surface area contributed by atoms with Crippen LogP contribution in [0.4, 0.5) is 4.39 Å². The largest absolute Gasteiger partial charge is 0.457 e. The van der Waals surface area contributed by atoms with Crippen LogP contribution in [0.25, 0.3) is 16.7 Å². The third-order valence-corrected chi connectivity index (χ3v) is 7.16. The van der Waals surface area contributed by atoms with E-state index in [9.17, 15) is 9.18 Å². The van der Waals surface area contributed by atoms with Crippen molar-refractivity contribution >= 4 is 16.9 Å². The predicted molar refractivity (Wildman–Crippen MR) is 144 cm³/mol. The standard InChI is InChI=1S/C30H33FN4O2/c1-3-34(4-2)29(36)21-33-19-17-22(18-20-33)30-32-27-7-5-6-8-28(27)35(30)24-11-15-26(16-12-24)37-25-13-9-23(31)10-14-25/h5-16,22H,3-4,17-21H2,1-2H3. The molecule has 1 aliphatic heterocycles. The Hall–Kier alpha value is -3.71. The van der Waals surface area contributed by atoms with Crippen LogP contribution in [0.3, 0.4) is 0 Å². The van der Waals surface area contributed by atoms with Gasteiger partial charge in [-0.15, -0.1) is 0 Å². The summed E-state index contributed by atoms with van der Waals surface area (Å²) in [5.74, 6) is 2.56. The van der Waals surface area contributed by atoms with Gasteiger partial charge in [-0.05, 0) is 100 Å². The number of para-hydroxylation sites is 2. The quantitative estimate of drug-likeness (QED) is 0.298. The van der Waals surface area contributed by atoms with Crippen LogP contribution in [-0.4, -0.2) is 58.0 Å². The minimum Gasteiger partial charge on any atom is -0.457 e. The van der Waals surface area contributed by atoms with Crippen LogP contribution < -0.4 is 4.74 Å². The van der Waals surface area contributed by atoms with Crippen molar-refractivity contribution in [1.82, 2.24) is 19.4 Å². The molecule has 0 radical (unpaired) electrons. The third kappa shape index (κ3) is 5.52. The molecule has 2 heterocycles. The van der Waals surface area contributed by atoms with Crippen molar-refractivity contribution in [2.24, 2.45) is 0 Å². The van der Waals surface area contributed by atoms with E-state index in [1.165, 1.54) is 12.1 Å². The van der Waals surface area contributed by atoms with Crippen molar-refractivity contribution in [3.8, 4) is 17.2 Å². The minimum absolute atomic E-state index is 0.207. The molecule has 0 bridgehead atoms. The number of benzene rings is 3. The van der Waals surface area contributed by atoms with E-state index in [0.717, 1.165) is 61.6 Å². The number of fused-ring (bicyclic) bond motifs is 1. The molecule has 37 heavy (non-hydrogen) atoms. The number of carbonyl (C=O) groups is 1. The van der Waals surface area contributed by atoms with Gasteiger partial charge in [-0.25, -0.2) is 9.37 Å². The summed E-state index contributed by atoms with van der Waals surface area (Å²) in [6, 6.07) is 22.2. The van der Waals surface area contributed by atoms with Gasteiger partial charge in [0.25, 0.3) is 0 Å². The van der Waals surface area contributed by atoms with Crippen LogP contribution in [0, 0.1) is 5.82 Å². The Kier molecular flexibility index (Phi) is 7.51. The molecule has 1 amide bonds. The van der Waals surface area contributed by atoms with E-state index < -0.39 is 0 Å². The first-order valence-corrected chi connectivity index (χ1v) is 13.1. The lowest BCUT2D eigenvalue weighted by molar-refractivity contribution is -0.132. The first-order chi connectivity index (χ1) is 18.1. The number of hydrogen-bond donors (Lipinski definition) is 0. The van der Waals surface area contributed by atoms with E-state index in [1.807, 2.05) is 55.1 Å². The molecule has 1 aromatic heterocycles. The number of piperidine rings is 1. The Bertz CT molecular complexity index is 1340. The first kappa shape index (κ1) is 25.0. The average Bonchev–Trinajstić information content (AvgIpc) is 3.31. The Morgan fingerprint density at radius 1 is 0.946 bits per heavy atom. The van der Waals surface area contributed by atoms with E-state index in [2.05, 4.69) is 21.6 Å². The zero-order chi connectivity index (χ0) is 25.8. The second-order valence-corrected chi connectivity index (χ2v) is 9.46. The van der Waals surface area contributed by atoms with Gasteiger partial charge in [0.15, 0.2) is 0 Å². The lowest BCUT2D eigenvalue weighted by Gasteiger charge is -2.32. The van der Waals surface area contributed by atoms with Crippen LogP contribution in [0.5, 0.6) is 11.5 Å². The summed E-state index contributed by atoms with van der Waals surface area (Å²) in [6.45, 7) is 7.81. The highest BCUT2D eigenvalue weighted by atomic mass is 19.1. The Labute approximate surface area is 217 Å². The smallest absolute Gasteiger partial charge is 0.236 e. The molecule has 1 fully saturated rings. The number of likely N-dealkylation sites (N-methyl/N-ethyl adjacent to an activating group) is 1. The molecule has 1 saturated heterocycles. The molecule has 6 nitrogen and oxygen atoms in total. The van der Waals surface area contributed by atoms with Gasteiger partial charge in [-0.3, -0.25) is 14.3 Å². The SMILES string of the molecule is CCN(CC)C(=O)CN1CCC(c2nc3ccccc3n2-c2ccc(Oc3ccc(F)cc3)cc2)CC1. The Morgan fingerprint density at radius 2 is 1.57 bits per heavy atom. The van der Waals surface area contributed by atoms with Gasteiger partial charge in [0.2, 0.25) is 5.91 Å². The molecule has 192 valence electrons. The number of carbonyl (C=O) groups excluding carboxylic acids is 1. The summed E-state index contributed by atoms with van der Waals surface area (Å²) < 4.78 is 21.3. The zero-order valence-corrected chi connectivity index (χ0v) is 21.4. The number of hydrogen-bond acceptors (Lipinski definition) is 4. The summed E-state index contributed by atoms with van der Waals surface area (Å²) in [7, 11) is 0. The number of nitrogens with zero attached hydrogens (tertiary/aromatic N) is 4. The average molecular weight is 501 g/mol. The first-order valence-electron chi connectivity index (χ1n) is 13.1. The molecule has 4 aromatic rings. The molecule has 0 saturated carbocycles. The Balaban J connectivity index is 1.35. The van der Waals surface area contributed by atoms with Crippen LogP contribution in [0.1, 0.15) is 38.4 Å². The van der Waals surface area contributed by atoms with Crippen molar-refractivity contribution in [1.29, 1.82) is 0 Å². The maximum atomic E-state index is 13.2. The Morgan fingerprint density at radius 3 is 2.22 bits per heavy atom. The summed E-state index contributed by atoms with van der Waals surface area (Å²) in [6.07, 6.45) is 1.92. The third-order valence-electron chi connectivity index (χ3n) is 7.16. The van der Waals surface area contributed by atoms with Crippen molar-refractivity contribution < 1.29 is 13.9 Å². The van der Waals surface area contributed by atoms with Gasteiger partial charge < -0.3 is 9.64 Å². The van der Waals surface area contributed by atoms with Crippen LogP contribution >= 0.6 is 0 Å². The summed E-state index contributed by atoms with van der Waals surface area (Å²) in [4.78, 5) is 21.8. The summed E-state index contributed by atoms with van der Waals surface area (Å²) in [5, 5.41) is 0. The van der Waals surface area contributed by atoms with E-state index in [0.29, 0.717) is 24.0 Å². The number of rotatable bonds is 8. The molecule has 0 N–H and O–H groups in total. The molecule has 7 heteroatoms. The van der Waals surface area contributed by atoms with Crippen molar-refractivity contribution in [3.63, 3.8) is 0 Å². The predicted octanol–water partition coefficient (Wildman–Crippen LogP) is 6.00. The highest BCUT2D eigenvalue weighted by Crippen LogP contribution is 2.33. The van der Waals surface area contributed by atoms with E-state index >= 15 is 0 Å². The molecule has 0 unspecified atom stereocenters. The van der Waals surface area contributed by atoms with Gasteiger partial charge >= 0.3 is 0 Å². The fourth-order valence-corrected chi connectivity index (χ4v) is 5.11. The molecule has 3 aromatic carbocycles. The number of likely N-dealkylation sites (tertiary alicyclic amines) is 1. The van der Waals surface area contributed by atoms with E-state index in [4.69, 9.17) is 9.72 Å². The van der Waals surface area contributed by atoms with Crippen LogP contribution in [0.2, 0.25) is 0 Å². The number of halogens is 1. The monoisotopic (exact) mass is 500 g/mol. The number of ether oxygens (including phenoxy) is 1. The van der Waals surface area contributed by atoms with Gasteiger partial charge in [0, 0.05) is 24.7 Å². The highest BCUT2D eigenvalue weighted by molar-refractivity contribution is 5.79. The van der Waals surface area contributed by atoms with Crippen molar-refractivity contribution in [3.05, 3.63) is 84.4 Å². The second-order valence-electron chi connectivity index (χ2n) is 9.46. The molecule has 0 aliphatic carbocycles.